The molecule has 0 radical (unpaired) electrons. The van der Waals surface area contributed by atoms with Crippen molar-refractivity contribution in [3.63, 3.8) is 0 Å². The number of thiazole rings is 1. The number of rotatable bonds is 3. The summed E-state index contributed by atoms with van der Waals surface area (Å²) in [5.41, 5.74) is 0.796. The maximum absolute atomic E-state index is 13.7. The van der Waals surface area contributed by atoms with Gasteiger partial charge < -0.3 is 14.6 Å². The largest absolute Gasteiger partial charge is 0.507 e. The minimum Gasteiger partial charge on any atom is -0.507 e. The molecule has 1 unspecified atom stereocenters. The van der Waals surface area contributed by atoms with Crippen LogP contribution in [-0.2, 0) is 9.59 Å². The van der Waals surface area contributed by atoms with Crippen molar-refractivity contribution < 1.29 is 28.6 Å². The highest BCUT2D eigenvalue weighted by Gasteiger charge is 2.48. The molecule has 1 N–H and O–H groups in total. The van der Waals surface area contributed by atoms with Crippen LogP contribution in [0.4, 0.5) is 9.52 Å². The first-order chi connectivity index (χ1) is 16.5. The van der Waals surface area contributed by atoms with Crippen molar-refractivity contribution >= 4 is 55.5 Å². The lowest BCUT2D eigenvalue weighted by atomic mass is 9.99. The average Bonchev–Trinajstić information content (AvgIpc) is 3.57. The molecule has 2 aromatic carbocycles. The zero-order valence-corrected chi connectivity index (χ0v) is 19.0. The Morgan fingerprint density at radius 2 is 1.91 bits per heavy atom. The Morgan fingerprint density at radius 1 is 1.09 bits per heavy atom. The number of halogens is 1. The van der Waals surface area contributed by atoms with E-state index in [1.165, 1.54) is 34.4 Å². The fourth-order valence-corrected chi connectivity index (χ4v) is 5.92. The summed E-state index contributed by atoms with van der Waals surface area (Å²) < 4.78 is 25.4. The van der Waals surface area contributed by atoms with Gasteiger partial charge in [0.1, 0.15) is 30.8 Å². The first-order valence-corrected chi connectivity index (χ1v) is 12.0. The van der Waals surface area contributed by atoms with Gasteiger partial charge in [-0.2, -0.15) is 0 Å². The smallest absolute Gasteiger partial charge is 0.301 e. The zero-order chi connectivity index (χ0) is 23.4. The summed E-state index contributed by atoms with van der Waals surface area (Å²) in [6.45, 7) is 0.795. The Bertz CT molecular complexity index is 1490. The van der Waals surface area contributed by atoms with Crippen LogP contribution in [0.25, 0.3) is 16.0 Å². The predicted octanol–water partition coefficient (Wildman–Crippen LogP) is 4.89. The molecule has 1 saturated heterocycles. The molecule has 10 heteroatoms. The van der Waals surface area contributed by atoms with Crippen molar-refractivity contribution in [2.24, 2.45) is 0 Å². The highest BCUT2D eigenvalue weighted by Crippen LogP contribution is 2.46. The van der Waals surface area contributed by atoms with Crippen LogP contribution in [0.2, 0.25) is 0 Å². The highest BCUT2D eigenvalue weighted by atomic mass is 32.1. The van der Waals surface area contributed by atoms with E-state index in [0.29, 0.717) is 45.4 Å². The number of ether oxygens (including phenoxy) is 2. The molecule has 1 fully saturated rings. The minimum atomic E-state index is -0.876. The van der Waals surface area contributed by atoms with Crippen LogP contribution in [0.5, 0.6) is 11.5 Å². The van der Waals surface area contributed by atoms with Gasteiger partial charge in [-0.15, -0.1) is 11.3 Å². The molecule has 7 nitrogen and oxygen atoms in total. The van der Waals surface area contributed by atoms with E-state index in [9.17, 15) is 19.1 Å². The predicted molar refractivity (Wildman–Crippen MR) is 126 cm³/mol. The second kappa shape index (κ2) is 7.93. The third kappa shape index (κ3) is 3.25. The van der Waals surface area contributed by atoms with Gasteiger partial charge in [-0.3, -0.25) is 14.5 Å². The molecular weight excluding hydrogens is 479 g/mol. The van der Waals surface area contributed by atoms with E-state index in [1.54, 1.807) is 30.3 Å². The molecule has 0 saturated carbocycles. The molecule has 2 aliphatic heterocycles. The van der Waals surface area contributed by atoms with Crippen LogP contribution >= 0.6 is 22.7 Å². The van der Waals surface area contributed by atoms with Crippen LogP contribution in [0, 0.1) is 5.82 Å². The number of amides is 1. The van der Waals surface area contributed by atoms with Crippen LogP contribution in [-0.4, -0.2) is 35.0 Å². The Hall–Kier alpha value is -3.76. The summed E-state index contributed by atoms with van der Waals surface area (Å²) in [5, 5.41) is 13.3. The molecule has 6 rings (SSSR count). The third-order valence-electron chi connectivity index (χ3n) is 5.62. The summed E-state index contributed by atoms with van der Waals surface area (Å²) in [7, 11) is 0. The van der Waals surface area contributed by atoms with Gasteiger partial charge in [0, 0.05) is 10.4 Å². The van der Waals surface area contributed by atoms with Gasteiger partial charge in [0.05, 0.1) is 15.8 Å². The van der Waals surface area contributed by atoms with E-state index in [-0.39, 0.29) is 16.5 Å². The Kier molecular flexibility index (Phi) is 4.85. The van der Waals surface area contributed by atoms with Crippen LogP contribution < -0.4 is 14.4 Å². The highest BCUT2D eigenvalue weighted by molar-refractivity contribution is 7.22. The van der Waals surface area contributed by atoms with Crippen molar-refractivity contribution in [2.45, 2.75) is 6.04 Å². The molecule has 4 heterocycles. The van der Waals surface area contributed by atoms with Crippen molar-refractivity contribution in [1.29, 1.82) is 0 Å². The molecule has 34 heavy (non-hydrogen) atoms. The van der Waals surface area contributed by atoms with E-state index in [2.05, 4.69) is 4.98 Å². The van der Waals surface area contributed by atoms with E-state index >= 15 is 0 Å². The Morgan fingerprint density at radius 3 is 2.71 bits per heavy atom. The van der Waals surface area contributed by atoms with Gasteiger partial charge in [0.2, 0.25) is 0 Å². The van der Waals surface area contributed by atoms with Crippen molar-refractivity contribution in [3.8, 4) is 11.5 Å². The van der Waals surface area contributed by atoms with Gasteiger partial charge in [0.25, 0.3) is 5.78 Å². The summed E-state index contributed by atoms with van der Waals surface area (Å²) in [4.78, 5) is 32.9. The second-order valence-electron chi connectivity index (χ2n) is 7.65. The molecule has 1 atom stereocenters. The van der Waals surface area contributed by atoms with Crippen LogP contribution in [0.1, 0.15) is 16.5 Å². The van der Waals surface area contributed by atoms with Crippen molar-refractivity contribution in [1.82, 2.24) is 4.98 Å². The number of anilines is 1. The summed E-state index contributed by atoms with van der Waals surface area (Å²) in [6, 6.07) is 11.7. The Balaban J connectivity index is 1.52. The second-order valence-corrected chi connectivity index (χ2v) is 9.64. The first kappa shape index (κ1) is 20.8. The first-order valence-electron chi connectivity index (χ1n) is 10.3. The number of aliphatic hydroxyl groups excluding tert-OH is 1. The van der Waals surface area contributed by atoms with Gasteiger partial charge in [-0.1, -0.05) is 17.4 Å². The molecule has 0 spiro atoms. The topological polar surface area (TPSA) is 89.0 Å². The standard InChI is InChI=1S/C24H15FN2O5S2/c25-13-4-5-14-18(11-13)34-24(26-14)27-20(17-2-1-9-33-17)19(22(29)23(27)30)21(28)12-3-6-15-16(10-12)32-8-7-31-15/h1-6,9-11,20,28H,7-8H2. The zero-order valence-electron chi connectivity index (χ0n) is 17.4. The van der Waals surface area contributed by atoms with E-state index in [4.69, 9.17) is 9.47 Å². The normalized spacial score (nSPS) is 19.2. The molecule has 0 bridgehead atoms. The molecular formula is C24H15FN2O5S2. The number of hydrogen-bond acceptors (Lipinski definition) is 8. The van der Waals surface area contributed by atoms with E-state index in [0.717, 1.165) is 11.3 Å². The quantitative estimate of drug-likeness (QED) is 0.248. The SMILES string of the molecule is O=C1C(=O)N(c2nc3ccc(F)cc3s2)C(c2cccs2)C1=C(O)c1ccc2c(c1)OCCO2. The van der Waals surface area contributed by atoms with Gasteiger partial charge >= 0.3 is 5.91 Å². The Labute approximate surface area is 200 Å². The number of ketones is 1. The fourth-order valence-electron chi connectivity index (χ4n) is 4.08. The number of benzene rings is 2. The van der Waals surface area contributed by atoms with E-state index in [1.807, 2.05) is 5.38 Å². The number of aromatic nitrogens is 1. The number of aliphatic hydroxyl groups is 1. The van der Waals surface area contributed by atoms with Crippen LogP contribution in [0.3, 0.4) is 0 Å². The van der Waals surface area contributed by atoms with Crippen molar-refractivity contribution in [2.75, 3.05) is 18.1 Å². The molecule has 0 aliphatic carbocycles. The lowest BCUT2D eigenvalue weighted by Crippen LogP contribution is -2.28. The van der Waals surface area contributed by atoms with Crippen LogP contribution in [0.15, 0.2) is 59.5 Å². The number of thiophene rings is 1. The number of nitrogens with zero attached hydrogens (tertiary/aromatic N) is 2. The maximum Gasteiger partial charge on any atom is 0.301 e. The minimum absolute atomic E-state index is 0.0467. The fraction of sp³-hybridized carbons (Fsp3) is 0.125. The number of fused-ring (bicyclic) bond motifs is 2. The maximum atomic E-state index is 13.7. The van der Waals surface area contributed by atoms with Gasteiger partial charge in [0.15, 0.2) is 16.6 Å². The lowest BCUT2D eigenvalue weighted by molar-refractivity contribution is -0.132. The van der Waals surface area contributed by atoms with E-state index < -0.39 is 23.5 Å². The number of carbonyl (C=O) groups is 2. The molecule has 2 aliphatic rings. The molecule has 1 amide bonds. The number of carbonyl (C=O) groups excluding carboxylic acids is 2. The molecule has 4 aromatic rings. The average molecular weight is 495 g/mol. The monoisotopic (exact) mass is 494 g/mol. The number of hydrogen-bond donors (Lipinski definition) is 1. The third-order valence-corrected chi connectivity index (χ3v) is 7.56. The van der Waals surface area contributed by atoms with Gasteiger partial charge in [-0.25, -0.2) is 9.37 Å². The number of Topliss-reactive ketones (excluding diaryl/α,β-unsaturated/α-hetero) is 1. The van der Waals surface area contributed by atoms with Crippen molar-refractivity contribution in [3.05, 3.63) is 75.7 Å². The summed E-state index contributed by atoms with van der Waals surface area (Å²) in [5.74, 6) is -1.38. The summed E-state index contributed by atoms with van der Waals surface area (Å²) >= 11 is 2.46. The molecule has 170 valence electrons. The lowest BCUT2D eigenvalue weighted by Gasteiger charge is -2.22. The summed E-state index contributed by atoms with van der Waals surface area (Å²) in [6.07, 6.45) is 0. The molecule has 2 aromatic heterocycles. The van der Waals surface area contributed by atoms with Gasteiger partial charge in [-0.05, 0) is 47.8 Å².